The van der Waals surface area contributed by atoms with Crippen molar-refractivity contribution in [2.75, 3.05) is 20.3 Å². The minimum absolute atomic E-state index is 0.342. The second-order valence-corrected chi connectivity index (χ2v) is 5.33. The van der Waals surface area contributed by atoms with Gasteiger partial charge in [-0.2, -0.15) is 5.10 Å². The van der Waals surface area contributed by atoms with Crippen LogP contribution in [-0.4, -0.2) is 32.4 Å². The first-order valence-corrected chi connectivity index (χ1v) is 8.49. The summed E-state index contributed by atoms with van der Waals surface area (Å²) < 4.78 is 16.4. The average molecular weight is 356 g/mol. The van der Waals surface area contributed by atoms with E-state index in [1.807, 2.05) is 62.4 Å². The van der Waals surface area contributed by atoms with E-state index in [2.05, 4.69) is 10.5 Å². The summed E-state index contributed by atoms with van der Waals surface area (Å²) in [5.41, 5.74) is 4.05. The number of methoxy groups -OCH3 is 1. The van der Waals surface area contributed by atoms with Gasteiger partial charge in [0.05, 0.1) is 19.4 Å². The van der Waals surface area contributed by atoms with Crippen LogP contribution in [-0.2, 0) is 9.53 Å². The summed E-state index contributed by atoms with van der Waals surface area (Å²) in [5, 5.41) is 4.01. The Morgan fingerprint density at radius 3 is 2.42 bits per heavy atom. The molecule has 0 aliphatic heterocycles. The number of carbonyl (C=O) groups is 1. The van der Waals surface area contributed by atoms with E-state index in [0.717, 1.165) is 11.1 Å². The summed E-state index contributed by atoms with van der Waals surface area (Å²) in [6.07, 6.45) is 0.834. The number of carbonyl (C=O) groups excluding carboxylic acids is 1. The smallest absolute Gasteiger partial charge is 0.273 e. The molecule has 1 atom stereocenters. The van der Waals surface area contributed by atoms with Crippen LogP contribution in [0.15, 0.2) is 53.6 Å². The van der Waals surface area contributed by atoms with E-state index in [1.54, 1.807) is 6.21 Å². The highest BCUT2D eigenvalue weighted by Crippen LogP contribution is 2.28. The van der Waals surface area contributed by atoms with E-state index in [4.69, 9.17) is 14.2 Å². The first kappa shape index (κ1) is 19.5. The van der Waals surface area contributed by atoms with E-state index >= 15 is 0 Å². The fraction of sp³-hybridized carbons (Fsp3) is 0.300. The summed E-state index contributed by atoms with van der Waals surface area (Å²) in [7, 11) is 1.49. The maximum Gasteiger partial charge on any atom is 0.273 e. The quantitative estimate of drug-likeness (QED) is 0.553. The highest BCUT2D eigenvalue weighted by molar-refractivity contribution is 5.85. The zero-order valence-corrected chi connectivity index (χ0v) is 15.3. The van der Waals surface area contributed by atoms with Crippen LogP contribution in [0.4, 0.5) is 0 Å². The van der Waals surface area contributed by atoms with Gasteiger partial charge in [-0.3, -0.25) is 4.79 Å². The predicted molar refractivity (Wildman–Crippen MR) is 101 cm³/mol. The van der Waals surface area contributed by atoms with Crippen molar-refractivity contribution >= 4 is 12.1 Å². The van der Waals surface area contributed by atoms with Crippen molar-refractivity contribution in [3.8, 4) is 11.5 Å². The normalized spacial score (nSPS) is 12.0. The molecule has 2 aromatic rings. The number of ether oxygens (including phenoxy) is 3. The Morgan fingerprint density at radius 1 is 1.08 bits per heavy atom. The second kappa shape index (κ2) is 10.2. The highest BCUT2D eigenvalue weighted by Gasteiger charge is 2.19. The number of nitrogens with zero attached hydrogens (tertiary/aromatic N) is 1. The van der Waals surface area contributed by atoms with Gasteiger partial charge < -0.3 is 14.2 Å². The first-order valence-electron chi connectivity index (χ1n) is 8.49. The molecule has 138 valence electrons. The summed E-state index contributed by atoms with van der Waals surface area (Å²) in [6.45, 7) is 4.91. The van der Waals surface area contributed by atoms with Gasteiger partial charge in [-0.15, -0.1) is 0 Å². The van der Waals surface area contributed by atoms with Gasteiger partial charge in [0.15, 0.2) is 17.6 Å². The maximum absolute atomic E-state index is 12.3. The monoisotopic (exact) mass is 356 g/mol. The van der Waals surface area contributed by atoms with E-state index in [0.29, 0.717) is 24.7 Å². The van der Waals surface area contributed by atoms with Crippen molar-refractivity contribution in [2.24, 2.45) is 5.10 Å². The van der Waals surface area contributed by atoms with Gasteiger partial charge >= 0.3 is 0 Å². The number of benzene rings is 2. The highest BCUT2D eigenvalue weighted by atomic mass is 16.5. The van der Waals surface area contributed by atoms with E-state index in [-0.39, 0.29) is 5.91 Å². The van der Waals surface area contributed by atoms with Crippen molar-refractivity contribution in [2.45, 2.75) is 20.0 Å². The molecule has 0 radical (unpaired) electrons. The Labute approximate surface area is 153 Å². The SMILES string of the molecule is CCOc1ccc(/C=N\NC(=O)[C@@H](OC)c2ccccc2)cc1OCC. The third kappa shape index (κ3) is 5.32. The van der Waals surface area contributed by atoms with Crippen LogP contribution < -0.4 is 14.9 Å². The Kier molecular flexibility index (Phi) is 7.64. The Hall–Kier alpha value is -2.86. The Morgan fingerprint density at radius 2 is 1.77 bits per heavy atom. The molecule has 1 amide bonds. The van der Waals surface area contributed by atoms with Crippen LogP contribution in [0.25, 0.3) is 0 Å². The van der Waals surface area contributed by atoms with Crippen LogP contribution >= 0.6 is 0 Å². The molecule has 2 aromatic carbocycles. The molecule has 6 nitrogen and oxygen atoms in total. The zero-order chi connectivity index (χ0) is 18.8. The molecule has 1 N–H and O–H groups in total. The second-order valence-electron chi connectivity index (χ2n) is 5.33. The van der Waals surface area contributed by atoms with Gasteiger partial charge in [-0.05, 0) is 43.2 Å². The van der Waals surface area contributed by atoms with Gasteiger partial charge in [-0.1, -0.05) is 30.3 Å². The van der Waals surface area contributed by atoms with E-state index in [9.17, 15) is 4.79 Å². The van der Waals surface area contributed by atoms with Gasteiger partial charge in [0, 0.05) is 7.11 Å². The topological polar surface area (TPSA) is 69.2 Å². The lowest BCUT2D eigenvalue weighted by molar-refractivity contribution is -0.131. The fourth-order valence-corrected chi connectivity index (χ4v) is 2.40. The standard InChI is InChI=1S/C20H24N2O4/c1-4-25-17-12-11-15(13-18(17)26-5-2)14-21-22-20(23)19(24-3)16-9-7-6-8-10-16/h6-14,19H,4-5H2,1-3H3,(H,22,23)/b21-14-/t19-/m0/s1. The van der Waals surface area contributed by atoms with E-state index in [1.165, 1.54) is 7.11 Å². The lowest BCUT2D eigenvalue weighted by Gasteiger charge is -2.13. The molecule has 0 fully saturated rings. The van der Waals surface area contributed by atoms with Gasteiger partial charge in [0.2, 0.25) is 0 Å². The Bertz CT molecular complexity index is 732. The molecule has 0 aliphatic carbocycles. The number of nitrogens with one attached hydrogen (secondary N) is 1. The summed E-state index contributed by atoms with van der Waals surface area (Å²) in [5.74, 6) is 0.980. The maximum atomic E-state index is 12.3. The lowest BCUT2D eigenvalue weighted by atomic mass is 10.1. The number of hydrogen-bond acceptors (Lipinski definition) is 5. The minimum Gasteiger partial charge on any atom is -0.490 e. The van der Waals surface area contributed by atoms with E-state index < -0.39 is 6.10 Å². The molecule has 0 aliphatic rings. The van der Waals surface area contributed by atoms with Crippen LogP contribution in [0.3, 0.4) is 0 Å². The lowest BCUT2D eigenvalue weighted by Crippen LogP contribution is -2.26. The number of rotatable bonds is 9. The third-order valence-electron chi connectivity index (χ3n) is 3.53. The Balaban J connectivity index is 2.05. The first-order chi connectivity index (χ1) is 12.7. The van der Waals surface area contributed by atoms with Gasteiger partial charge in [0.1, 0.15) is 0 Å². The summed E-state index contributed by atoms with van der Waals surface area (Å²) in [6, 6.07) is 14.7. The third-order valence-corrected chi connectivity index (χ3v) is 3.53. The average Bonchev–Trinajstić information content (AvgIpc) is 2.65. The molecule has 2 rings (SSSR count). The summed E-state index contributed by atoms with van der Waals surface area (Å²) >= 11 is 0. The van der Waals surface area contributed by atoms with Gasteiger partial charge in [-0.25, -0.2) is 5.43 Å². The molecule has 26 heavy (non-hydrogen) atoms. The zero-order valence-electron chi connectivity index (χ0n) is 15.3. The van der Waals surface area contributed by atoms with Crippen molar-refractivity contribution in [1.82, 2.24) is 5.43 Å². The van der Waals surface area contributed by atoms with Crippen LogP contribution in [0.5, 0.6) is 11.5 Å². The van der Waals surface area contributed by atoms with Crippen molar-refractivity contribution in [3.63, 3.8) is 0 Å². The molecule has 0 saturated carbocycles. The molecule has 0 bridgehead atoms. The van der Waals surface area contributed by atoms with Crippen LogP contribution in [0.1, 0.15) is 31.1 Å². The fourth-order valence-electron chi connectivity index (χ4n) is 2.40. The summed E-state index contributed by atoms with van der Waals surface area (Å²) in [4.78, 5) is 12.3. The van der Waals surface area contributed by atoms with Crippen molar-refractivity contribution < 1.29 is 19.0 Å². The predicted octanol–water partition coefficient (Wildman–Crippen LogP) is 3.32. The molecule has 0 saturated heterocycles. The minimum atomic E-state index is -0.715. The molecular weight excluding hydrogens is 332 g/mol. The molecule has 0 heterocycles. The molecule has 0 spiro atoms. The van der Waals surface area contributed by atoms with Crippen LogP contribution in [0, 0.1) is 0 Å². The molecular formula is C20H24N2O4. The largest absolute Gasteiger partial charge is 0.490 e. The molecule has 0 unspecified atom stereocenters. The van der Waals surface area contributed by atoms with Crippen molar-refractivity contribution in [3.05, 3.63) is 59.7 Å². The molecule has 6 heteroatoms. The number of amides is 1. The van der Waals surface area contributed by atoms with Gasteiger partial charge in [0.25, 0.3) is 5.91 Å². The number of hydrogen-bond donors (Lipinski definition) is 1. The molecule has 0 aromatic heterocycles. The van der Waals surface area contributed by atoms with Crippen LogP contribution in [0.2, 0.25) is 0 Å². The number of hydrazone groups is 1. The van der Waals surface area contributed by atoms with Crippen molar-refractivity contribution in [1.29, 1.82) is 0 Å².